The van der Waals surface area contributed by atoms with E-state index >= 15 is 0 Å². The number of hydrogen-bond acceptors (Lipinski definition) is 4. The van der Waals surface area contributed by atoms with Gasteiger partial charge in [-0.05, 0) is 35.7 Å². The lowest BCUT2D eigenvalue weighted by Gasteiger charge is -2.11. The average Bonchev–Trinajstić information content (AvgIpc) is 3.00. The number of hydrogen-bond donors (Lipinski definition) is 3. The lowest BCUT2D eigenvalue weighted by Crippen LogP contribution is -2.32. The lowest BCUT2D eigenvalue weighted by molar-refractivity contribution is -0.0498. The highest BCUT2D eigenvalue weighted by molar-refractivity contribution is 7.10. The fraction of sp³-hybridized carbons (Fsp3) is 0.214. The predicted molar refractivity (Wildman–Crippen MR) is 79.4 cm³/mol. The van der Waals surface area contributed by atoms with Crippen molar-refractivity contribution in [2.45, 2.75) is 12.7 Å². The van der Waals surface area contributed by atoms with Crippen LogP contribution >= 0.6 is 11.3 Å². The fourth-order valence-corrected chi connectivity index (χ4v) is 2.38. The van der Waals surface area contributed by atoms with Gasteiger partial charge in [-0.3, -0.25) is 0 Å². The Labute approximate surface area is 129 Å². The number of carbonyl (C=O) groups excluding carboxylic acids is 1. The molecule has 0 unspecified atom stereocenters. The molecule has 0 aliphatic carbocycles. The second-order valence-electron chi connectivity index (χ2n) is 4.27. The Morgan fingerprint density at radius 1 is 1.27 bits per heavy atom. The first-order valence-corrected chi connectivity index (χ1v) is 7.24. The molecule has 5 nitrogen and oxygen atoms in total. The van der Waals surface area contributed by atoms with Crippen molar-refractivity contribution < 1.29 is 23.4 Å². The maximum absolute atomic E-state index is 12.0. The monoisotopic (exact) mass is 328 g/mol. The van der Waals surface area contributed by atoms with Crippen molar-refractivity contribution in [3.63, 3.8) is 0 Å². The number of nitrogens with one attached hydrogen (secondary N) is 2. The van der Waals surface area contributed by atoms with E-state index in [4.69, 9.17) is 0 Å². The highest BCUT2D eigenvalue weighted by Gasteiger charge is 2.10. The molecule has 2 amide bonds. The van der Waals surface area contributed by atoms with E-state index in [1.807, 2.05) is 11.4 Å². The van der Waals surface area contributed by atoms with Crippen molar-refractivity contribution in [3.8, 4) is 5.75 Å². The van der Waals surface area contributed by atoms with Gasteiger partial charge < -0.3 is 20.5 Å². The van der Waals surface area contributed by atoms with Gasteiger partial charge in [-0.2, -0.15) is 8.78 Å². The second kappa shape index (κ2) is 7.71. The molecule has 0 aliphatic heterocycles. The van der Waals surface area contributed by atoms with E-state index in [2.05, 4.69) is 15.4 Å². The number of aliphatic hydroxyl groups excluding tert-OH is 1. The van der Waals surface area contributed by atoms with Crippen LogP contribution in [0.5, 0.6) is 5.75 Å². The molecule has 1 atom stereocenters. The van der Waals surface area contributed by atoms with Crippen LogP contribution in [-0.4, -0.2) is 24.3 Å². The molecular weight excluding hydrogens is 314 g/mol. The van der Waals surface area contributed by atoms with E-state index in [-0.39, 0.29) is 12.3 Å². The summed E-state index contributed by atoms with van der Waals surface area (Å²) in [6, 6.07) is 8.60. The summed E-state index contributed by atoms with van der Waals surface area (Å²) in [5.74, 6) is 0.00840. The third kappa shape index (κ3) is 4.97. The van der Waals surface area contributed by atoms with Crippen LogP contribution in [0.2, 0.25) is 0 Å². The largest absolute Gasteiger partial charge is 0.435 e. The summed E-state index contributed by atoms with van der Waals surface area (Å²) in [5.41, 5.74) is 0.421. The summed E-state index contributed by atoms with van der Waals surface area (Å²) < 4.78 is 28.2. The Balaban J connectivity index is 1.79. The number of ether oxygens (including phenoxy) is 1. The molecule has 1 heterocycles. The Hall–Kier alpha value is -2.19. The molecule has 0 saturated carbocycles. The standard InChI is InChI=1S/C14H14F2N2O3S/c15-13(16)21-10-5-3-9(4-6-10)18-14(20)17-8-11(19)12-2-1-7-22-12/h1-7,11,13,19H,8H2,(H2,17,18,20)/t11-/m0/s1. The molecule has 0 aliphatic rings. The van der Waals surface area contributed by atoms with Crippen LogP contribution in [0.3, 0.4) is 0 Å². The summed E-state index contributed by atoms with van der Waals surface area (Å²) in [7, 11) is 0. The van der Waals surface area contributed by atoms with Crippen LogP contribution in [-0.2, 0) is 0 Å². The summed E-state index contributed by atoms with van der Waals surface area (Å²) in [4.78, 5) is 12.4. The van der Waals surface area contributed by atoms with E-state index in [9.17, 15) is 18.7 Å². The van der Waals surface area contributed by atoms with E-state index in [0.717, 1.165) is 4.88 Å². The van der Waals surface area contributed by atoms with Gasteiger partial charge in [0.2, 0.25) is 0 Å². The van der Waals surface area contributed by atoms with Crippen molar-refractivity contribution in [1.29, 1.82) is 0 Å². The first-order valence-electron chi connectivity index (χ1n) is 6.36. The number of benzene rings is 1. The number of halogens is 2. The third-order valence-electron chi connectivity index (χ3n) is 2.66. The molecule has 0 spiro atoms. The Bertz CT molecular complexity index is 591. The van der Waals surface area contributed by atoms with Crippen molar-refractivity contribution >= 4 is 23.1 Å². The van der Waals surface area contributed by atoms with Gasteiger partial charge in [-0.25, -0.2) is 4.79 Å². The average molecular weight is 328 g/mol. The minimum Gasteiger partial charge on any atom is -0.435 e. The summed E-state index contributed by atoms with van der Waals surface area (Å²) in [5, 5.41) is 16.7. The van der Waals surface area contributed by atoms with Crippen LogP contribution in [0.25, 0.3) is 0 Å². The van der Waals surface area contributed by atoms with Crippen LogP contribution in [0, 0.1) is 0 Å². The zero-order valence-electron chi connectivity index (χ0n) is 11.3. The van der Waals surface area contributed by atoms with Crippen LogP contribution < -0.4 is 15.4 Å². The lowest BCUT2D eigenvalue weighted by atomic mass is 10.3. The molecule has 0 saturated heterocycles. The predicted octanol–water partition coefficient (Wildman–Crippen LogP) is 3.20. The number of amides is 2. The molecule has 0 fully saturated rings. The topological polar surface area (TPSA) is 70.6 Å². The molecule has 1 aromatic heterocycles. The quantitative estimate of drug-likeness (QED) is 0.762. The number of anilines is 1. The smallest absolute Gasteiger partial charge is 0.387 e. The van der Waals surface area contributed by atoms with E-state index in [1.165, 1.54) is 35.6 Å². The number of thiophene rings is 1. The zero-order chi connectivity index (χ0) is 15.9. The molecule has 2 rings (SSSR count). The number of urea groups is 1. The van der Waals surface area contributed by atoms with Crippen molar-refractivity contribution in [1.82, 2.24) is 5.32 Å². The van der Waals surface area contributed by atoms with Crippen LogP contribution in [0.4, 0.5) is 19.3 Å². The van der Waals surface area contributed by atoms with Gasteiger partial charge in [0.15, 0.2) is 0 Å². The Morgan fingerprint density at radius 3 is 2.59 bits per heavy atom. The summed E-state index contributed by atoms with van der Waals surface area (Å²) in [6.07, 6.45) is -0.771. The molecular formula is C14H14F2N2O3S. The van der Waals surface area contributed by atoms with Gasteiger partial charge in [-0.15, -0.1) is 11.3 Å². The summed E-state index contributed by atoms with van der Waals surface area (Å²) in [6.45, 7) is -2.82. The minimum absolute atomic E-state index is 0.00840. The Morgan fingerprint density at radius 2 is 2.00 bits per heavy atom. The van der Waals surface area contributed by atoms with Gasteiger partial charge in [0.05, 0.1) is 6.54 Å². The molecule has 2 aromatic rings. The molecule has 0 radical (unpaired) electrons. The maximum Gasteiger partial charge on any atom is 0.387 e. The SMILES string of the molecule is O=C(NC[C@H](O)c1cccs1)Nc1ccc(OC(F)F)cc1. The molecule has 22 heavy (non-hydrogen) atoms. The number of rotatable bonds is 6. The minimum atomic E-state index is -2.89. The van der Waals surface area contributed by atoms with E-state index < -0.39 is 18.7 Å². The van der Waals surface area contributed by atoms with Gasteiger partial charge in [-0.1, -0.05) is 6.07 Å². The van der Waals surface area contributed by atoms with Crippen LogP contribution in [0.1, 0.15) is 11.0 Å². The van der Waals surface area contributed by atoms with E-state index in [0.29, 0.717) is 5.69 Å². The van der Waals surface area contributed by atoms with Crippen molar-refractivity contribution in [2.75, 3.05) is 11.9 Å². The molecule has 3 N–H and O–H groups in total. The fourth-order valence-electron chi connectivity index (χ4n) is 1.67. The molecule has 8 heteroatoms. The molecule has 0 bridgehead atoms. The van der Waals surface area contributed by atoms with Crippen LogP contribution in [0.15, 0.2) is 41.8 Å². The van der Waals surface area contributed by atoms with Gasteiger partial charge in [0.1, 0.15) is 11.9 Å². The van der Waals surface area contributed by atoms with Crippen molar-refractivity contribution in [2.24, 2.45) is 0 Å². The third-order valence-corrected chi connectivity index (χ3v) is 3.64. The van der Waals surface area contributed by atoms with Gasteiger partial charge in [0, 0.05) is 10.6 Å². The number of aliphatic hydroxyl groups is 1. The Kier molecular flexibility index (Phi) is 5.68. The van der Waals surface area contributed by atoms with Gasteiger partial charge >= 0.3 is 12.6 Å². The highest BCUT2D eigenvalue weighted by atomic mass is 32.1. The zero-order valence-corrected chi connectivity index (χ0v) is 12.1. The second-order valence-corrected chi connectivity index (χ2v) is 5.25. The first-order chi connectivity index (χ1) is 10.5. The van der Waals surface area contributed by atoms with Crippen molar-refractivity contribution in [3.05, 3.63) is 46.7 Å². The maximum atomic E-state index is 12.0. The highest BCUT2D eigenvalue weighted by Crippen LogP contribution is 2.19. The first kappa shape index (κ1) is 16.2. The molecule has 1 aromatic carbocycles. The molecule has 118 valence electrons. The van der Waals surface area contributed by atoms with E-state index in [1.54, 1.807) is 6.07 Å². The summed E-state index contributed by atoms with van der Waals surface area (Å²) >= 11 is 1.40. The number of carbonyl (C=O) groups is 1. The number of alkyl halides is 2. The normalized spacial score (nSPS) is 12.0. The van der Waals surface area contributed by atoms with Gasteiger partial charge in [0.25, 0.3) is 0 Å².